The molecule has 0 saturated heterocycles. The molecule has 0 atom stereocenters. The SMILES string of the molecule is COc1cc(CNC(=O)c2ccccc2)ccc1OCc1ccccc1F. The van der Waals surface area contributed by atoms with Gasteiger partial charge in [-0.15, -0.1) is 0 Å². The lowest BCUT2D eigenvalue weighted by Crippen LogP contribution is -2.22. The van der Waals surface area contributed by atoms with E-state index in [4.69, 9.17) is 9.47 Å². The average molecular weight is 365 g/mol. The van der Waals surface area contributed by atoms with E-state index in [2.05, 4.69) is 5.32 Å². The van der Waals surface area contributed by atoms with Gasteiger partial charge in [0.15, 0.2) is 11.5 Å². The smallest absolute Gasteiger partial charge is 0.251 e. The fourth-order valence-corrected chi connectivity index (χ4v) is 2.59. The number of hydrogen-bond acceptors (Lipinski definition) is 3. The summed E-state index contributed by atoms with van der Waals surface area (Å²) in [4.78, 5) is 12.1. The largest absolute Gasteiger partial charge is 0.493 e. The highest BCUT2D eigenvalue weighted by Crippen LogP contribution is 2.29. The van der Waals surface area contributed by atoms with Gasteiger partial charge in [0, 0.05) is 17.7 Å². The van der Waals surface area contributed by atoms with Crippen molar-refractivity contribution >= 4 is 5.91 Å². The Kier molecular flexibility index (Phi) is 6.05. The van der Waals surface area contributed by atoms with E-state index in [1.807, 2.05) is 24.3 Å². The molecule has 0 spiro atoms. The second kappa shape index (κ2) is 8.85. The number of hydrogen-bond donors (Lipinski definition) is 1. The summed E-state index contributed by atoms with van der Waals surface area (Å²) in [5, 5.41) is 2.87. The first-order valence-electron chi connectivity index (χ1n) is 8.54. The van der Waals surface area contributed by atoms with E-state index in [1.165, 1.54) is 13.2 Å². The molecule has 0 aliphatic rings. The fourth-order valence-electron chi connectivity index (χ4n) is 2.59. The van der Waals surface area contributed by atoms with E-state index in [1.54, 1.807) is 42.5 Å². The van der Waals surface area contributed by atoms with Crippen LogP contribution in [0.3, 0.4) is 0 Å². The summed E-state index contributed by atoms with van der Waals surface area (Å²) in [5.74, 6) is 0.586. The van der Waals surface area contributed by atoms with Crippen LogP contribution in [0.2, 0.25) is 0 Å². The van der Waals surface area contributed by atoms with E-state index in [9.17, 15) is 9.18 Å². The molecule has 0 radical (unpaired) electrons. The van der Waals surface area contributed by atoms with Crippen molar-refractivity contribution in [2.24, 2.45) is 0 Å². The van der Waals surface area contributed by atoms with Crippen LogP contribution < -0.4 is 14.8 Å². The Balaban J connectivity index is 1.63. The number of halogens is 1. The Labute approximate surface area is 157 Å². The van der Waals surface area contributed by atoms with Gasteiger partial charge < -0.3 is 14.8 Å². The molecule has 0 bridgehead atoms. The Bertz CT molecular complexity index is 912. The first kappa shape index (κ1) is 18.5. The van der Waals surface area contributed by atoms with Crippen molar-refractivity contribution in [1.82, 2.24) is 5.32 Å². The van der Waals surface area contributed by atoms with E-state index in [0.29, 0.717) is 29.2 Å². The lowest BCUT2D eigenvalue weighted by Gasteiger charge is -2.13. The number of methoxy groups -OCH3 is 1. The summed E-state index contributed by atoms with van der Waals surface area (Å²) < 4.78 is 24.8. The minimum absolute atomic E-state index is 0.104. The Morgan fingerprint density at radius 3 is 2.44 bits per heavy atom. The van der Waals surface area contributed by atoms with Gasteiger partial charge in [-0.05, 0) is 35.9 Å². The predicted octanol–water partition coefficient (Wildman–Crippen LogP) is 4.34. The zero-order valence-electron chi connectivity index (χ0n) is 14.9. The molecule has 4 nitrogen and oxygen atoms in total. The Hall–Kier alpha value is -3.34. The quantitative estimate of drug-likeness (QED) is 0.677. The maximum absolute atomic E-state index is 13.7. The van der Waals surface area contributed by atoms with E-state index in [0.717, 1.165) is 5.56 Å². The van der Waals surface area contributed by atoms with Crippen molar-refractivity contribution < 1.29 is 18.7 Å². The summed E-state index contributed by atoms with van der Waals surface area (Å²) in [6.07, 6.45) is 0. The number of nitrogens with one attached hydrogen (secondary N) is 1. The van der Waals surface area contributed by atoms with Crippen LogP contribution in [0.15, 0.2) is 72.8 Å². The molecule has 0 unspecified atom stereocenters. The molecule has 5 heteroatoms. The molecular formula is C22H20FNO3. The van der Waals surface area contributed by atoms with Crippen LogP contribution in [0.5, 0.6) is 11.5 Å². The van der Waals surface area contributed by atoms with Gasteiger partial charge in [-0.2, -0.15) is 0 Å². The van der Waals surface area contributed by atoms with Crippen LogP contribution in [0.25, 0.3) is 0 Å². The van der Waals surface area contributed by atoms with Gasteiger partial charge in [0.25, 0.3) is 5.91 Å². The molecule has 0 saturated carbocycles. The summed E-state index contributed by atoms with van der Waals surface area (Å²) in [6, 6.07) is 20.9. The lowest BCUT2D eigenvalue weighted by molar-refractivity contribution is 0.0951. The topological polar surface area (TPSA) is 47.6 Å². The number of amides is 1. The average Bonchev–Trinajstić information content (AvgIpc) is 2.72. The molecular weight excluding hydrogens is 345 g/mol. The highest BCUT2D eigenvalue weighted by Gasteiger charge is 2.09. The third-order valence-corrected chi connectivity index (χ3v) is 4.06. The van der Waals surface area contributed by atoms with Crippen LogP contribution in [0.1, 0.15) is 21.5 Å². The van der Waals surface area contributed by atoms with Gasteiger partial charge >= 0.3 is 0 Å². The Morgan fingerprint density at radius 2 is 1.70 bits per heavy atom. The highest BCUT2D eigenvalue weighted by molar-refractivity contribution is 5.94. The van der Waals surface area contributed by atoms with Crippen molar-refractivity contribution in [3.63, 3.8) is 0 Å². The number of carbonyl (C=O) groups excluding carboxylic acids is 1. The lowest BCUT2D eigenvalue weighted by atomic mass is 10.1. The standard InChI is InChI=1S/C22H20FNO3/c1-26-21-13-16(14-24-22(25)17-7-3-2-4-8-17)11-12-20(21)27-15-18-9-5-6-10-19(18)23/h2-13H,14-15H2,1H3,(H,24,25). The predicted molar refractivity (Wildman–Crippen MR) is 101 cm³/mol. The highest BCUT2D eigenvalue weighted by atomic mass is 19.1. The second-order valence-corrected chi connectivity index (χ2v) is 5.91. The van der Waals surface area contributed by atoms with Gasteiger partial charge in [0.05, 0.1) is 7.11 Å². The molecule has 3 aromatic rings. The van der Waals surface area contributed by atoms with Crippen LogP contribution in [0.4, 0.5) is 4.39 Å². The van der Waals surface area contributed by atoms with Crippen molar-refractivity contribution in [2.45, 2.75) is 13.2 Å². The van der Waals surface area contributed by atoms with Crippen molar-refractivity contribution in [3.05, 3.63) is 95.3 Å². The molecule has 3 rings (SSSR count). The van der Waals surface area contributed by atoms with Gasteiger partial charge in [-0.3, -0.25) is 4.79 Å². The number of ether oxygens (including phenoxy) is 2. The number of benzene rings is 3. The zero-order chi connectivity index (χ0) is 19.1. The van der Waals surface area contributed by atoms with Gasteiger partial charge in [0.1, 0.15) is 12.4 Å². The molecule has 1 amide bonds. The summed E-state index contributed by atoms with van der Waals surface area (Å²) in [6.45, 7) is 0.463. The minimum atomic E-state index is -0.309. The van der Waals surface area contributed by atoms with Crippen LogP contribution in [-0.2, 0) is 13.2 Å². The first-order valence-corrected chi connectivity index (χ1v) is 8.54. The van der Waals surface area contributed by atoms with Gasteiger partial charge in [-0.1, -0.05) is 42.5 Å². The van der Waals surface area contributed by atoms with Crippen molar-refractivity contribution in [1.29, 1.82) is 0 Å². The van der Waals surface area contributed by atoms with Gasteiger partial charge in [0.2, 0.25) is 0 Å². The molecule has 1 N–H and O–H groups in total. The maximum atomic E-state index is 13.7. The van der Waals surface area contributed by atoms with Gasteiger partial charge in [-0.25, -0.2) is 4.39 Å². The molecule has 3 aromatic carbocycles. The summed E-state index contributed by atoms with van der Waals surface area (Å²) in [5.41, 5.74) is 1.95. The third-order valence-electron chi connectivity index (χ3n) is 4.06. The fraction of sp³-hybridized carbons (Fsp3) is 0.136. The monoisotopic (exact) mass is 365 g/mol. The maximum Gasteiger partial charge on any atom is 0.251 e. The molecule has 0 aliphatic carbocycles. The van der Waals surface area contributed by atoms with Crippen molar-refractivity contribution in [2.75, 3.05) is 7.11 Å². The van der Waals surface area contributed by atoms with Crippen LogP contribution in [0, 0.1) is 5.82 Å². The normalized spacial score (nSPS) is 10.3. The first-order chi connectivity index (χ1) is 13.2. The third kappa shape index (κ3) is 4.85. The van der Waals surface area contributed by atoms with Crippen LogP contribution >= 0.6 is 0 Å². The molecule has 0 fully saturated rings. The minimum Gasteiger partial charge on any atom is -0.493 e. The number of carbonyl (C=O) groups is 1. The molecule has 138 valence electrons. The summed E-state index contributed by atoms with van der Waals surface area (Å²) in [7, 11) is 1.54. The number of rotatable bonds is 7. The van der Waals surface area contributed by atoms with E-state index < -0.39 is 0 Å². The molecule has 0 aliphatic heterocycles. The molecule has 27 heavy (non-hydrogen) atoms. The molecule has 0 aromatic heterocycles. The zero-order valence-corrected chi connectivity index (χ0v) is 14.9. The Morgan fingerprint density at radius 1 is 0.963 bits per heavy atom. The molecule has 0 heterocycles. The summed E-state index contributed by atoms with van der Waals surface area (Å²) >= 11 is 0. The van der Waals surface area contributed by atoms with E-state index in [-0.39, 0.29) is 18.3 Å². The van der Waals surface area contributed by atoms with E-state index >= 15 is 0 Å². The van der Waals surface area contributed by atoms with Crippen LogP contribution in [-0.4, -0.2) is 13.0 Å². The second-order valence-electron chi connectivity index (χ2n) is 5.91. The van der Waals surface area contributed by atoms with Crippen molar-refractivity contribution in [3.8, 4) is 11.5 Å².